The summed E-state index contributed by atoms with van der Waals surface area (Å²) in [4.78, 5) is 13.3. The van der Waals surface area contributed by atoms with Crippen molar-refractivity contribution in [3.8, 4) is 0 Å². The Morgan fingerprint density at radius 1 is 1.50 bits per heavy atom. The van der Waals surface area contributed by atoms with Crippen LogP contribution >= 0.6 is 24.2 Å². The van der Waals surface area contributed by atoms with Crippen LogP contribution in [-0.2, 0) is 11.2 Å². The molecule has 1 aromatic carbocycles. The Labute approximate surface area is 93.3 Å². The molecule has 14 heavy (non-hydrogen) atoms. The Bertz CT molecular complexity index is 380. The SMILES string of the molecule is O=C1Cc2ccc(Cl)cc2N1CCS. The van der Waals surface area contributed by atoms with Gasteiger partial charge in [0.25, 0.3) is 0 Å². The van der Waals surface area contributed by atoms with Crippen molar-refractivity contribution in [3.63, 3.8) is 0 Å². The van der Waals surface area contributed by atoms with Gasteiger partial charge in [-0.1, -0.05) is 17.7 Å². The molecule has 0 spiro atoms. The molecule has 0 N–H and O–H groups in total. The van der Waals surface area contributed by atoms with Gasteiger partial charge in [0.15, 0.2) is 0 Å². The molecule has 1 amide bonds. The second kappa shape index (κ2) is 3.83. The molecule has 0 fully saturated rings. The lowest BCUT2D eigenvalue weighted by Crippen LogP contribution is -2.28. The van der Waals surface area contributed by atoms with E-state index in [1.807, 2.05) is 18.2 Å². The monoisotopic (exact) mass is 227 g/mol. The predicted octanol–water partition coefficient (Wildman–Crippen LogP) is 2.16. The standard InChI is InChI=1S/C10H10ClNOS/c11-8-2-1-7-5-10(13)12(3-4-14)9(7)6-8/h1-2,6,14H,3-5H2. The van der Waals surface area contributed by atoms with E-state index >= 15 is 0 Å². The molecule has 4 heteroatoms. The number of carbonyl (C=O) groups excluding carboxylic acids is 1. The Kier molecular flexibility index (Phi) is 2.70. The fourth-order valence-electron chi connectivity index (χ4n) is 1.68. The van der Waals surface area contributed by atoms with Gasteiger partial charge in [-0.2, -0.15) is 12.6 Å². The van der Waals surface area contributed by atoms with E-state index in [1.54, 1.807) is 4.90 Å². The molecule has 0 unspecified atom stereocenters. The molecule has 0 radical (unpaired) electrons. The van der Waals surface area contributed by atoms with Crippen molar-refractivity contribution in [3.05, 3.63) is 28.8 Å². The highest BCUT2D eigenvalue weighted by molar-refractivity contribution is 7.80. The Balaban J connectivity index is 2.39. The highest BCUT2D eigenvalue weighted by Gasteiger charge is 2.26. The Hall–Kier alpha value is -0.670. The summed E-state index contributed by atoms with van der Waals surface area (Å²) in [6.07, 6.45) is 0.486. The molecule has 0 bridgehead atoms. The summed E-state index contributed by atoms with van der Waals surface area (Å²) in [6.45, 7) is 0.648. The minimum Gasteiger partial charge on any atom is -0.311 e. The van der Waals surface area contributed by atoms with Crippen LogP contribution in [-0.4, -0.2) is 18.2 Å². The van der Waals surface area contributed by atoms with E-state index in [4.69, 9.17) is 11.6 Å². The average molecular weight is 228 g/mol. The molecule has 0 saturated heterocycles. The van der Waals surface area contributed by atoms with Crippen LogP contribution in [0.25, 0.3) is 0 Å². The summed E-state index contributed by atoms with van der Waals surface area (Å²) >= 11 is 10.0. The fourth-order valence-corrected chi connectivity index (χ4v) is 2.04. The lowest BCUT2D eigenvalue weighted by atomic mass is 10.2. The van der Waals surface area contributed by atoms with Crippen molar-refractivity contribution in [1.29, 1.82) is 0 Å². The molecule has 0 aliphatic carbocycles. The molecule has 2 nitrogen and oxygen atoms in total. The van der Waals surface area contributed by atoms with Crippen molar-refractivity contribution in [1.82, 2.24) is 0 Å². The van der Waals surface area contributed by atoms with Gasteiger partial charge in [-0.25, -0.2) is 0 Å². The number of rotatable bonds is 2. The number of halogens is 1. The molecule has 1 aliphatic heterocycles. The van der Waals surface area contributed by atoms with Crippen LogP contribution in [0.4, 0.5) is 5.69 Å². The van der Waals surface area contributed by atoms with Crippen LogP contribution in [0.2, 0.25) is 5.02 Å². The molecule has 1 aliphatic rings. The van der Waals surface area contributed by atoms with Crippen LogP contribution in [0, 0.1) is 0 Å². The molecule has 1 aromatic rings. The van der Waals surface area contributed by atoms with Crippen LogP contribution in [0.3, 0.4) is 0 Å². The van der Waals surface area contributed by atoms with E-state index < -0.39 is 0 Å². The van der Waals surface area contributed by atoms with Crippen molar-refractivity contribution < 1.29 is 4.79 Å². The zero-order valence-corrected chi connectivity index (χ0v) is 9.18. The summed E-state index contributed by atoms with van der Waals surface area (Å²) in [5.74, 6) is 0.800. The number of carbonyl (C=O) groups is 1. The zero-order valence-electron chi connectivity index (χ0n) is 7.53. The van der Waals surface area contributed by atoms with E-state index in [0.29, 0.717) is 23.7 Å². The molecule has 0 atom stereocenters. The Morgan fingerprint density at radius 2 is 2.29 bits per heavy atom. The van der Waals surface area contributed by atoms with Gasteiger partial charge in [-0.3, -0.25) is 4.79 Å². The number of nitrogens with zero attached hydrogens (tertiary/aromatic N) is 1. The van der Waals surface area contributed by atoms with Gasteiger partial charge < -0.3 is 4.90 Å². The summed E-state index contributed by atoms with van der Waals surface area (Å²) < 4.78 is 0. The molecule has 1 heterocycles. The molecular weight excluding hydrogens is 218 g/mol. The van der Waals surface area contributed by atoms with Crippen molar-refractivity contribution in [2.24, 2.45) is 0 Å². The van der Waals surface area contributed by atoms with Crippen LogP contribution in [0.5, 0.6) is 0 Å². The van der Waals surface area contributed by atoms with Gasteiger partial charge in [-0.15, -0.1) is 0 Å². The maximum atomic E-state index is 11.6. The molecule has 2 rings (SSSR count). The normalized spacial score (nSPS) is 14.7. The van der Waals surface area contributed by atoms with Crippen LogP contribution in [0.1, 0.15) is 5.56 Å². The molecule has 74 valence electrons. The van der Waals surface area contributed by atoms with Crippen molar-refractivity contribution in [2.75, 3.05) is 17.2 Å². The first-order chi connectivity index (χ1) is 6.72. The van der Waals surface area contributed by atoms with Gasteiger partial charge in [0, 0.05) is 23.0 Å². The number of hydrogen-bond acceptors (Lipinski definition) is 2. The van der Waals surface area contributed by atoms with E-state index in [0.717, 1.165) is 11.3 Å². The van der Waals surface area contributed by atoms with Gasteiger partial charge in [0.2, 0.25) is 5.91 Å². The van der Waals surface area contributed by atoms with E-state index in [2.05, 4.69) is 12.6 Å². The highest BCUT2D eigenvalue weighted by Crippen LogP contribution is 2.31. The second-order valence-corrected chi connectivity index (χ2v) is 4.10. The first kappa shape index (κ1) is 9.87. The number of amides is 1. The van der Waals surface area contributed by atoms with Crippen LogP contribution < -0.4 is 4.90 Å². The highest BCUT2D eigenvalue weighted by atomic mass is 35.5. The maximum Gasteiger partial charge on any atom is 0.231 e. The lowest BCUT2D eigenvalue weighted by Gasteiger charge is -2.15. The van der Waals surface area contributed by atoms with Gasteiger partial charge >= 0.3 is 0 Å². The number of fused-ring (bicyclic) bond motifs is 1. The molecular formula is C10H10ClNOS. The first-order valence-corrected chi connectivity index (χ1v) is 5.43. The minimum atomic E-state index is 0.135. The number of anilines is 1. The van der Waals surface area contributed by atoms with Crippen LogP contribution in [0.15, 0.2) is 18.2 Å². The summed E-state index contributed by atoms with van der Waals surface area (Å²) in [5, 5.41) is 0.669. The number of benzene rings is 1. The van der Waals surface area contributed by atoms with E-state index in [1.165, 1.54) is 0 Å². The average Bonchev–Trinajstić information content (AvgIpc) is 2.45. The second-order valence-electron chi connectivity index (χ2n) is 3.22. The molecule has 0 saturated carbocycles. The van der Waals surface area contributed by atoms with Crippen molar-refractivity contribution in [2.45, 2.75) is 6.42 Å². The molecule has 0 aromatic heterocycles. The van der Waals surface area contributed by atoms with Crippen molar-refractivity contribution >= 4 is 35.8 Å². The smallest absolute Gasteiger partial charge is 0.231 e. The Morgan fingerprint density at radius 3 is 3.00 bits per heavy atom. The summed E-state index contributed by atoms with van der Waals surface area (Å²) in [6, 6.07) is 5.57. The van der Waals surface area contributed by atoms with E-state index in [9.17, 15) is 4.79 Å². The summed E-state index contributed by atoms with van der Waals surface area (Å²) in [5.41, 5.74) is 2.00. The largest absolute Gasteiger partial charge is 0.311 e. The lowest BCUT2D eigenvalue weighted by molar-refractivity contribution is -0.117. The number of hydrogen-bond donors (Lipinski definition) is 1. The third-order valence-electron chi connectivity index (χ3n) is 2.30. The first-order valence-electron chi connectivity index (χ1n) is 4.42. The van der Waals surface area contributed by atoms with Gasteiger partial charge in [0.05, 0.1) is 6.42 Å². The predicted molar refractivity (Wildman–Crippen MR) is 61.4 cm³/mol. The summed E-state index contributed by atoms with van der Waals surface area (Å²) in [7, 11) is 0. The van der Waals surface area contributed by atoms with Gasteiger partial charge in [-0.05, 0) is 17.7 Å². The quantitative estimate of drug-likeness (QED) is 0.768. The third-order valence-corrected chi connectivity index (χ3v) is 2.74. The zero-order chi connectivity index (χ0) is 10.1. The minimum absolute atomic E-state index is 0.135. The number of thiol groups is 1. The third kappa shape index (κ3) is 1.62. The fraction of sp³-hybridized carbons (Fsp3) is 0.300. The topological polar surface area (TPSA) is 20.3 Å². The maximum absolute atomic E-state index is 11.6. The van der Waals surface area contributed by atoms with Gasteiger partial charge in [0.1, 0.15) is 0 Å². The van der Waals surface area contributed by atoms with E-state index in [-0.39, 0.29) is 5.91 Å².